The monoisotopic (exact) mass is 284 g/mol. The molecule has 0 heterocycles. The molecular weight excluding hydrogens is 264 g/mol. The summed E-state index contributed by atoms with van der Waals surface area (Å²) < 4.78 is 33.4. The lowest BCUT2D eigenvalue weighted by atomic mass is 9.95. The highest BCUT2D eigenvalue weighted by Crippen LogP contribution is 2.25. The van der Waals surface area contributed by atoms with Gasteiger partial charge in [0.25, 0.3) is 10.1 Å². The molecular formula is C14H20O4S. The van der Waals surface area contributed by atoms with E-state index in [-0.39, 0.29) is 12.2 Å². The molecule has 1 aliphatic carbocycles. The molecule has 0 amide bonds. The number of hydrogen-bond acceptors (Lipinski definition) is 4. The van der Waals surface area contributed by atoms with Crippen molar-refractivity contribution in [2.45, 2.75) is 44.5 Å². The van der Waals surface area contributed by atoms with Gasteiger partial charge in [-0.3, -0.25) is 4.18 Å². The molecule has 0 N–H and O–H groups in total. The van der Waals surface area contributed by atoms with Gasteiger partial charge in [-0.15, -0.1) is 0 Å². The number of benzene rings is 1. The van der Waals surface area contributed by atoms with Crippen LogP contribution in [0.2, 0.25) is 0 Å². The summed E-state index contributed by atoms with van der Waals surface area (Å²) in [6.45, 7) is 0.495. The Balaban J connectivity index is 1.92. The van der Waals surface area contributed by atoms with Crippen LogP contribution in [0.4, 0.5) is 0 Å². The smallest absolute Gasteiger partial charge is 0.264 e. The number of rotatable bonds is 5. The van der Waals surface area contributed by atoms with E-state index < -0.39 is 10.1 Å². The molecule has 0 aromatic heterocycles. The zero-order chi connectivity index (χ0) is 13.7. The maximum atomic E-state index is 11.2. The number of hydrogen-bond donors (Lipinski definition) is 0. The number of ether oxygens (including phenoxy) is 1. The Labute approximate surface area is 114 Å². The molecule has 19 heavy (non-hydrogen) atoms. The van der Waals surface area contributed by atoms with Crippen LogP contribution in [0, 0.1) is 0 Å². The van der Waals surface area contributed by atoms with Crippen LogP contribution in [0.1, 0.15) is 31.2 Å². The van der Waals surface area contributed by atoms with Crippen molar-refractivity contribution in [1.29, 1.82) is 0 Å². The van der Waals surface area contributed by atoms with Gasteiger partial charge >= 0.3 is 0 Å². The third-order valence-electron chi connectivity index (χ3n) is 3.25. The molecule has 5 heteroatoms. The normalized spacial score (nSPS) is 24.3. The van der Waals surface area contributed by atoms with Crippen LogP contribution < -0.4 is 0 Å². The second-order valence-electron chi connectivity index (χ2n) is 4.96. The van der Waals surface area contributed by atoms with E-state index in [1.165, 1.54) is 0 Å². The van der Waals surface area contributed by atoms with E-state index in [1.54, 1.807) is 0 Å². The quantitative estimate of drug-likeness (QED) is 0.780. The summed E-state index contributed by atoms with van der Waals surface area (Å²) in [4.78, 5) is 0. The van der Waals surface area contributed by atoms with Gasteiger partial charge in [-0.05, 0) is 18.4 Å². The van der Waals surface area contributed by atoms with Gasteiger partial charge in [0.2, 0.25) is 0 Å². The first-order chi connectivity index (χ1) is 9.04. The van der Waals surface area contributed by atoms with Crippen molar-refractivity contribution in [3.8, 4) is 0 Å². The summed E-state index contributed by atoms with van der Waals surface area (Å²) in [5.74, 6) is 0. The zero-order valence-corrected chi connectivity index (χ0v) is 11.9. The van der Waals surface area contributed by atoms with Crippen molar-refractivity contribution in [2.75, 3.05) is 6.26 Å². The fraction of sp³-hybridized carbons (Fsp3) is 0.571. The fourth-order valence-electron chi connectivity index (χ4n) is 2.37. The standard InChI is InChI=1S/C14H20O4S/c1-19(15,16)18-14-10-6-5-9-13(14)17-11-12-7-3-2-4-8-12/h2-4,7-8,13-14H,5-6,9-11H2,1H3. The summed E-state index contributed by atoms with van der Waals surface area (Å²) in [5, 5.41) is 0. The summed E-state index contributed by atoms with van der Waals surface area (Å²) in [7, 11) is -3.42. The predicted octanol–water partition coefficient (Wildman–Crippen LogP) is 2.49. The molecule has 0 spiro atoms. The molecule has 2 rings (SSSR count). The first kappa shape index (κ1) is 14.5. The van der Waals surface area contributed by atoms with Crippen LogP contribution in [0.5, 0.6) is 0 Å². The summed E-state index contributed by atoms with van der Waals surface area (Å²) in [5.41, 5.74) is 1.09. The van der Waals surface area contributed by atoms with Crippen molar-refractivity contribution in [3.63, 3.8) is 0 Å². The molecule has 0 radical (unpaired) electrons. The molecule has 0 aliphatic heterocycles. The minimum absolute atomic E-state index is 0.135. The van der Waals surface area contributed by atoms with Gasteiger partial charge in [0.05, 0.1) is 19.0 Å². The van der Waals surface area contributed by atoms with Crippen LogP contribution in [-0.4, -0.2) is 26.9 Å². The molecule has 0 saturated heterocycles. The SMILES string of the molecule is CS(=O)(=O)OC1CCCCC1OCc1ccccc1. The lowest BCUT2D eigenvalue weighted by Gasteiger charge is -2.30. The molecule has 1 aliphatic rings. The highest BCUT2D eigenvalue weighted by Gasteiger charge is 2.29. The third kappa shape index (κ3) is 4.93. The van der Waals surface area contributed by atoms with Gasteiger partial charge in [-0.2, -0.15) is 8.42 Å². The molecule has 4 nitrogen and oxygen atoms in total. The highest BCUT2D eigenvalue weighted by atomic mass is 32.2. The Bertz CT molecular complexity index is 483. The Morgan fingerprint density at radius 1 is 1.11 bits per heavy atom. The van der Waals surface area contributed by atoms with Crippen LogP contribution in [-0.2, 0) is 25.6 Å². The predicted molar refractivity (Wildman–Crippen MR) is 73.2 cm³/mol. The lowest BCUT2D eigenvalue weighted by Crippen LogP contribution is -2.36. The Hall–Kier alpha value is -0.910. The molecule has 1 saturated carbocycles. The highest BCUT2D eigenvalue weighted by molar-refractivity contribution is 7.86. The molecule has 1 aromatic carbocycles. The topological polar surface area (TPSA) is 52.6 Å². The largest absolute Gasteiger partial charge is 0.371 e. The molecule has 106 valence electrons. The van der Waals surface area contributed by atoms with Gasteiger partial charge in [0.15, 0.2) is 0 Å². The second-order valence-corrected chi connectivity index (χ2v) is 6.56. The fourth-order valence-corrected chi connectivity index (χ4v) is 3.03. The first-order valence-electron chi connectivity index (χ1n) is 6.58. The van der Waals surface area contributed by atoms with E-state index in [0.717, 1.165) is 37.5 Å². The molecule has 1 aromatic rings. The maximum absolute atomic E-state index is 11.2. The Morgan fingerprint density at radius 2 is 1.74 bits per heavy atom. The molecule has 2 atom stereocenters. The van der Waals surface area contributed by atoms with Crippen molar-refractivity contribution in [2.24, 2.45) is 0 Å². The van der Waals surface area contributed by atoms with Gasteiger partial charge < -0.3 is 4.74 Å². The van der Waals surface area contributed by atoms with E-state index in [2.05, 4.69) is 0 Å². The van der Waals surface area contributed by atoms with E-state index >= 15 is 0 Å². The minimum atomic E-state index is -3.42. The Morgan fingerprint density at radius 3 is 2.37 bits per heavy atom. The van der Waals surface area contributed by atoms with Crippen molar-refractivity contribution in [3.05, 3.63) is 35.9 Å². The van der Waals surface area contributed by atoms with Crippen LogP contribution in [0.25, 0.3) is 0 Å². The average molecular weight is 284 g/mol. The first-order valence-corrected chi connectivity index (χ1v) is 8.40. The van der Waals surface area contributed by atoms with Crippen molar-refractivity contribution in [1.82, 2.24) is 0 Å². The van der Waals surface area contributed by atoms with E-state index in [9.17, 15) is 8.42 Å². The average Bonchev–Trinajstić information content (AvgIpc) is 2.37. The van der Waals surface area contributed by atoms with Gasteiger partial charge in [-0.1, -0.05) is 43.2 Å². The maximum Gasteiger partial charge on any atom is 0.264 e. The van der Waals surface area contributed by atoms with Crippen LogP contribution in [0.3, 0.4) is 0 Å². The van der Waals surface area contributed by atoms with E-state index in [0.29, 0.717) is 6.61 Å². The lowest BCUT2D eigenvalue weighted by molar-refractivity contribution is -0.0530. The van der Waals surface area contributed by atoms with Crippen LogP contribution >= 0.6 is 0 Å². The second kappa shape index (κ2) is 6.50. The van der Waals surface area contributed by atoms with E-state index in [4.69, 9.17) is 8.92 Å². The van der Waals surface area contributed by atoms with Crippen molar-refractivity contribution >= 4 is 10.1 Å². The van der Waals surface area contributed by atoms with Crippen LogP contribution in [0.15, 0.2) is 30.3 Å². The Kier molecular flexibility index (Phi) is 4.96. The summed E-state index contributed by atoms with van der Waals surface area (Å²) >= 11 is 0. The van der Waals surface area contributed by atoms with Gasteiger partial charge in [0, 0.05) is 0 Å². The van der Waals surface area contributed by atoms with Gasteiger partial charge in [0.1, 0.15) is 6.10 Å². The third-order valence-corrected chi connectivity index (χ3v) is 3.84. The van der Waals surface area contributed by atoms with Gasteiger partial charge in [-0.25, -0.2) is 0 Å². The molecule has 2 unspecified atom stereocenters. The van der Waals surface area contributed by atoms with E-state index in [1.807, 2.05) is 30.3 Å². The summed E-state index contributed by atoms with van der Waals surface area (Å²) in [6, 6.07) is 9.87. The van der Waals surface area contributed by atoms with Crippen molar-refractivity contribution < 1.29 is 17.3 Å². The zero-order valence-electron chi connectivity index (χ0n) is 11.1. The minimum Gasteiger partial charge on any atom is -0.371 e. The molecule has 0 bridgehead atoms. The molecule has 1 fully saturated rings. The summed E-state index contributed by atoms with van der Waals surface area (Å²) in [6.07, 6.45) is 4.26.